The van der Waals surface area contributed by atoms with Gasteiger partial charge >= 0.3 is 0 Å². The first-order valence-electron chi connectivity index (χ1n) is 11.2. The summed E-state index contributed by atoms with van der Waals surface area (Å²) in [5.41, 5.74) is 1.10. The molecule has 1 aromatic carbocycles. The zero-order valence-electron chi connectivity index (χ0n) is 18.1. The van der Waals surface area contributed by atoms with Crippen molar-refractivity contribution >= 4 is 5.91 Å². The Bertz CT molecular complexity index is 658. The molecule has 6 nitrogen and oxygen atoms in total. The van der Waals surface area contributed by atoms with Crippen molar-refractivity contribution in [3.8, 4) is 11.5 Å². The summed E-state index contributed by atoms with van der Waals surface area (Å²) in [6.45, 7) is 5.21. The maximum atomic E-state index is 13.6. The van der Waals surface area contributed by atoms with Gasteiger partial charge in [0.1, 0.15) is 19.4 Å². The highest BCUT2D eigenvalue weighted by Crippen LogP contribution is 2.31. The Hall–Kier alpha value is -1.86. The minimum atomic E-state index is -0.751. The van der Waals surface area contributed by atoms with Gasteiger partial charge in [-0.05, 0) is 37.0 Å². The van der Waals surface area contributed by atoms with Gasteiger partial charge in [-0.15, -0.1) is 0 Å². The number of carbonyl (C=O) groups excluding carboxylic acids is 1. The SMILES string of the molecule is CCCCCCCC(=O)N[C@@H](Cc1ccc2c(c1)OCCO2)CN1CC[C@@H](F)C1.O. The Morgan fingerprint density at radius 1 is 1.20 bits per heavy atom. The van der Waals surface area contributed by atoms with Gasteiger partial charge in [-0.3, -0.25) is 9.69 Å². The number of amides is 1. The standard InChI is InChI=1S/C23H35FN2O3.H2O/c1-2-3-4-5-6-7-23(27)25-20(17-26-11-10-19(24)16-26)14-18-8-9-21-22(15-18)29-13-12-28-21;/h8-9,15,19-20H,2-7,10-14,16-17H2,1H3,(H,25,27);1H2/t19-,20+;/m1./s1. The molecule has 0 radical (unpaired) electrons. The predicted octanol–water partition coefficient (Wildman–Crippen LogP) is 3.06. The summed E-state index contributed by atoms with van der Waals surface area (Å²) >= 11 is 0. The number of halogens is 1. The molecule has 3 rings (SSSR count). The number of ether oxygens (including phenoxy) is 2. The van der Waals surface area contributed by atoms with Crippen molar-refractivity contribution in [2.45, 2.75) is 70.5 Å². The average molecular weight is 425 g/mol. The number of fused-ring (bicyclic) bond motifs is 1. The summed E-state index contributed by atoms with van der Waals surface area (Å²) in [6.07, 6.45) is 6.75. The Labute approximate surface area is 179 Å². The lowest BCUT2D eigenvalue weighted by atomic mass is 10.0. The van der Waals surface area contributed by atoms with E-state index in [1.165, 1.54) is 19.3 Å². The molecular formula is C23H37FN2O4. The van der Waals surface area contributed by atoms with Crippen LogP contribution in [0.4, 0.5) is 4.39 Å². The number of alkyl halides is 1. The maximum Gasteiger partial charge on any atom is 0.220 e. The van der Waals surface area contributed by atoms with Gasteiger partial charge in [-0.2, -0.15) is 0 Å². The van der Waals surface area contributed by atoms with Crippen LogP contribution in [0, 0.1) is 0 Å². The van der Waals surface area contributed by atoms with Gasteiger partial charge in [0.25, 0.3) is 0 Å². The quantitative estimate of drug-likeness (QED) is 0.554. The van der Waals surface area contributed by atoms with Crippen LogP contribution >= 0.6 is 0 Å². The Kier molecular flexibility index (Phi) is 10.4. The van der Waals surface area contributed by atoms with Crippen LogP contribution < -0.4 is 14.8 Å². The summed E-state index contributed by atoms with van der Waals surface area (Å²) in [5.74, 6) is 1.63. The highest BCUT2D eigenvalue weighted by molar-refractivity contribution is 5.76. The molecule has 1 fully saturated rings. The van der Waals surface area contributed by atoms with Crippen LogP contribution in [0.2, 0.25) is 0 Å². The second-order valence-electron chi connectivity index (χ2n) is 8.26. The molecule has 2 aliphatic rings. The fourth-order valence-corrected chi connectivity index (χ4v) is 4.11. The van der Waals surface area contributed by atoms with E-state index in [9.17, 15) is 9.18 Å². The van der Waals surface area contributed by atoms with Crippen molar-refractivity contribution in [1.29, 1.82) is 0 Å². The summed E-state index contributed by atoms with van der Waals surface area (Å²) < 4.78 is 24.9. The summed E-state index contributed by atoms with van der Waals surface area (Å²) in [5, 5.41) is 3.20. The molecule has 0 aliphatic carbocycles. The molecule has 7 heteroatoms. The first kappa shape index (κ1) is 24.4. The first-order chi connectivity index (χ1) is 14.1. The molecule has 2 atom stereocenters. The highest BCUT2D eigenvalue weighted by atomic mass is 19.1. The number of hydrogen-bond donors (Lipinski definition) is 1. The second-order valence-corrected chi connectivity index (χ2v) is 8.26. The monoisotopic (exact) mass is 424 g/mol. The largest absolute Gasteiger partial charge is 0.486 e. The molecule has 170 valence electrons. The van der Waals surface area contributed by atoms with E-state index < -0.39 is 6.17 Å². The van der Waals surface area contributed by atoms with Crippen molar-refractivity contribution in [1.82, 2.24) is 10.2 Å². The van der Waals surface area contributed by atoms with Gasteiger partial charge in [0, 0.05) is 32.1 Å². The van der Waals surface area contributed by atoms with E-state index in [0.717, 1.165) is 36.4 Å². The number of likely N-dealkylation sites (tertiary alicyclic amines) is 1. The van der Waals surface area contributed by atoms with Crippen molar-refractivity contribution in [2.24, 2.45) is 0 Å². The Balaban J connectivity index is 0.00000320. The summed E-state index contributed by atoms with van der Waals surface area (Å²) in [6, 6.07) is 5.93. The number of nitrogens with zero attached hydrogens (tertiary/aromatic N) is 1. The van der Waals surface area contributed by atoms with E-state index in [1.54, 1.807) is 0 Å². The third-order valence-corrected chi connectivity index (χ3v) is 5.65. The van der Waals surface area contributed by atoms with Crippen LogP contribution in [0.5, 0.6) is 11.5 Å². The highest BCUT2D eigenvalue weighted by Gasteiger charge is 2.25. The number of carbonyl (C=O) groups is 1. The lowest BCUT2D eigenvalue weighted by Crippen LogP contribution is -2.44. The van der Waals surface area contributed by atoms with Gasteiger partial charge in [-0.1, -0.05) is 38.7 Å². The van der Waals surface area contributed by atoms with Gasteiger partial charge < -0.3 is 20.3 Å². The molecule has 3 N–H and O–H groups in total. The normalized spacial score (nSPS) is 19.2. The van der Waals surface area contributed by atoms with Crippen LogP contribution in [-0.2, 0) is 11.2 Å². The van der Waals surface area contributed by atoms with E-state index in [1.807, 2.05) is 18.2 Å². The maximum absolute atomic E-state index is 13.6. The average Bonchev–Trinajstić information content (AvgIpc) is 3.12. The van der Waals surface area contributed by atoms with E-state index in [-0.39, 0.29) is 17.4 Å². The number of benzene rings is 1. The van der Waals surface area contributed by atoms with E-state index in [0.29, 0.717) is 45.6 Å². The van der Waals surface area contributed by atoms with Gasteiger partial charge in [0.2, 0.25) is 5.91 Å². The number of nitrogens with one attached hydrogen (secondary N) is 1. The van der Waals surface area contributed by atoms with Crippen molar-refractivity contribution in [3.05, 3.63) is 23.8 Å². The van der Waals surface area contributed by atoms with Gasteiger partial charge in [-0.25, -0.2) is 4.39 Å². The summed E-state index contributed by atoms with van der Waals surface area (Å²) in [7, 11) is 0. The fourth-order valence-electron chi connectivity index (χ4n) is 4.11. The van der Waals surface area contributed by atoms with Crippen molar-refractivity contribution < 1.29 is 24.1 Å². The van der Waals surface area contributed by atoms with Gasteiger partial charge in [0.15, 0.2) is 11.5 Å². The molecule has 30 heavy (non-hydrogen) atoms. The van der Waals surface area contributed by atoms with Crippen LogP contribution in [0.1, 0.15) is 57.4 Å². The van der Waals surface area contributed by atoms with E-state index in [2.05, 4.69) is 17.1 Å². The molecule has 1 amide bonds. The van der Waals surface area contributed by atoms with Crippen LogP contribution in [0.25, 0.3) is 0 Å². The fraction of sp³-hybridized carbons (Fsp3) is 0.696. The lowest BCUT2D eigenvalue weighted by molar-refractivity contribution is -0.122. The minimum Gasteiger partial charge on any atom is -0.486 e. The first-order valence-corrected chi connectivity index (χ1v) is 11.2. The molecule has 2 aliphatic heterocycles. The van der Waals surface area contributed by atoms with Crippen LogP contribution in [0.3, 0.4) is 0 Å². The molecule has 0 bridgehead atoms. The van der Waals surface area contributed by atoms with Crippen LogP contribution in [0.15, 0.2) is 18.2 Å². The Morgan fingerprint density at radius 3 is 2.70 bits per heavy atom. The third-order valence-electron chi connectivity index (χ3n) is 5.65. The number of unbranched alkanes of at least 4 members (excludes halogenated alkanes) is 4. The minimum absolute atomic E-state index is 0. The predicted molar refractivity (Wildman–Crippen MR) is 116 cm³/mol. The van der Waals surface area contributed by atoms with E-state index in [4.69, 9.17) is 9.47 Å². The Morgan fingerprint density at radius 2 is 1.97 bits per heavy atom. The molecule has 2 heterocycles. The molecule has 0 aromatic heterocycles. The van der Waals surface area contributed by atoms with Crippen LogP contribution in [-0.4, -0.2) is 61.3 Å². The lowest BCUT2D eigenvalue weighted by Gasteiger charge is -2.25. The molecule has 0 saturated carbocycles. The van der Waals surface area contributed by atoms with Crippen molar-refractivity contribution in [2.75, 3.05) is 32.8 Å². The molecule has 0 unspecified atom stereocenters. The molecule has 0 spiro atoms. The molecule has 1 aromatic rings. The smallest absolute Gasteiger partial charge is 0.220 e. The third kappa shape index (κ3) is 7.76. The molecular weight excluding hydrogens is 387 g/mol. The van der Waals surface area contributed by atoms with E-state index >= 15 is 0 Å². The zero-order chi connectivity index (χ0) is 20.5. The van der Waals surface area contributed by atoms with Crippen molar-refractivity contribution in [3.63, 3.8) is 0 Å². The number of rotatable bonds is 11. The summed E-state index contributed by atoms with van der Waals surface area (Å²) in [4.78, 5) is 14.6. The number of hydrogen-bond acceptors (Lipinski definition) is 4. The zero-order valence-corrected chi connectivity index (χ0v) is 18.1. The topological polar surface area (TPSA) is 82.3 Å². The van der Waals surface area contributed by atoms with Gasteiger partial charge in [0.05, 0.1) is 0 Å². The molecule has 1 saturated heterocycles. The second kappa shape index (κ2) is 12.7.